The largest absolute Gasteiger partial charge is 0.490 e. The van der Waals surface area contributed by atoms with Crippen LogP contribution in [0, 0.1) is 6.92 Å². The molecule has 0 spiro atoms. The van der Waals surface area contributed by atoms with E-state index < -0.39 is 11.9 Å². The van der Waals surface area contributed by atoms with Crippen LogP contribution < -0.4 is 9.47 Å². The first-order valence-electron chi connectivity index (χ1n) is 12.0. The van der Waals surface area contributed by atoms with Crippen molar-refractivity contribution in [3.63, 3.8) is 0 Å². The van der Waals surface area contributed by atoms with Crippen LogP contribution in [0.2, 0.25) is 0 Å². The summed E-state index contributed by atoms with van der Waals surface area (Å²) in [6, 6.07) is 22.0. The predicted molar refractivity (Wildman–Crippen MR) is 145 cm³/mol. The molecule has 0 atom stereocenters. The van der Waals surface area contributed by atoms with E-state index in [1.54, 1.807) is 13.8 Å². The smallest absolute Gasteiger partial charge is 0.333 e. The minimum atomic E-state index is -0.416. The average molecular weight is 501 g/mol. The van der Waals surface area contributed by atoms with Crippen molar-refractivity contribution in [2.24, 2.45) is 0 Å². The van der Waals surface area contributed by atoms with E-state index in [1.807, 2.05) is 48.5 Å². The quantitative estimate of drug-likeness (QED) is 0.165. The lowest BCUT2D eigenvalue weighted by Gasteiger charge is -2.12. The second-order valence-electron chi connectivity index (χ2n) is 8.61. The van der Waals surface area contributed by atoms with Gasteiger partial charge in [0.05, 0.1) is 0 Å². The fourth-order valence-electron chi connectivity index (χ4n) is 3.48. The Balaban J connectivity index is 1.54. The van der Waals surface area contributed by atoms with Crippen LogP contribution in [0.4, 0.5) is 0 Å². The Morgan fingerprint density at radius 3 is 1.49 bits per heavy atom. The van der Waals surface area contributed by atoms with Gasteiger partial charge in [0, 0.05) is 11.1 Å². The van der Waals surface area contributed by atoms with Gasteiger partial charge in [-0.25, -0.2) is 9.59 Å². The van der Waals surface area contributed by atoms with Gasteiger partial charge in [-0.15, -0.1) is 0 Å². The monoisotopic (exact) mass is 500 g/mol. The van der Waals surface area contributed by atoms with Gasteiger partial charge in [0.1, 0.15) is 37.9 Å². The van der Waals surface area contributed by atoms with Crippen molar-refractivity contribution in [1.82, 2.24) is 0 Å². The lowest BCUT2D eigenvalue weighted by molar-refractivity contribution is -0.140. The zero-order valence-corrected chi connectivity index (χ0v) is 21.5. The maximum absolute atomic E-state index is 11.4. The number of hydrogen-bond donors (Lipinski definition) is 0. The first-order chi connectivity index (χ1) is 17.7. The van der Waals surface area contributed by atoms with Crippen molar-refractivity contribution in [3.05, 3.63) is 96.6 Å². The number of benzene rings is 3. The highest BCUT2D eigenvalue weighted by Crippen LogP contribution is 2.30. The Hall–Kier alpha value is -4.32. The third-order valence-electron chi connectivity index (χ3n) is 5.45. The first kappa shape index (κ1) is 27.3. The van der Waals surface area contributed by atoms with E-state index in [-0.39, 0.29) is 26.4 Å². The van der Waals surface area contributed by atoms with Crippen molar-refractivity contribution in [2.75, 3.05) is 26.4 Å². The molecule has 0 saturated carbocycles. The van der Waals surface area contributed by atoms with Crippen molar-refractivity contribution in [1.29, 1.82) is 0 Å². The van der Waals surface area contributed by atoms with Gasteiger partial charge in [-0.2, -0.15) is 0 Å². The molecule has 6 heteroatoms. The van der Waals surface area contributed by atoms with Crippen LogP contribution in [0.15, 0.2) is 91.0 Å². The molecule has 0 aliphatic rings. The molecule has 192 valence electrons. The van der Waals surface area contributed by atoms with Gasteiger partial charge in [-0.1, -0.05) is 55.6 Å². The number of esters is 2. The van der Waals surface area contributed by atoms with Gasteiger partial charge in [-0.05, 0) is 72.9 Å². The van der Waals surface area contributed by atoms with Gasteiger partial charge in [0.15, 0.2) is 0 Å². The van der Waals surface area contributed by atoms with E-state index in [9.17, 15) is 9.59 Å². The Morgan fingerprint density at radius 2 is 1.05 bits per heavy atom. The van der Waals surface area contributed by atoms with Crippen LogP contribution in [-0.2, 0) is 19.1 Å². The van der Waals surface area contributed by atoms with Gasteiger partial charge >= 0.3 is 11.9 Å². The Kier molecular flexibility index (Phi) is 9.67. The lowest BCUT2D eigenvalue weighted by Crippen LogP contribution is -2.12. The molecule has 0 aromatic heterocycles. The second kappa shape index (κ2) is 13.1. The summed E-state index contributed by atoms with van der Waals surface area (Å²) in [6.07, 6.45) is 0. The van der Waals surface area contributed by atoms with E-state index in [1.165, 1.54) is 0 Å². The molecule has 0 amide bonds. The van der Waals surface area contributed by atoms with Crippen LogP contribution in [-0.4, -0.2) is 38.4 Å². The van der Waals surface area contributed by atoms with E-state index in [0.29, 0.717) is 22.6 Å². The number of hydrogen-bond acceptors (Lipinski definition) is 6. The summed E-state index contributed by atoms with van der Waals surface area (Å²) in [5, 5.41) is 0. The SMILES string of the molecule is C=C(C)C(=O)OCCOc1ccc(-c2ccc(-c3ccc(OCCOC(=O)C(=C)C)cc3)c(C)c2)cc1. The number of ether oxygens (including phenoxy) is 4. The summed E-state index contributed by atoms with van der Waals surface area (Å²) in [5.41, 5.74) is 6.29. The summed E-state index contributed by atoms with van der Waals surface area (Å²) >= 11 is 0. The molecular formula is C31H32O6. The normalized spacial score (nSPS) is 10.4. The summed E-state index contributed by atoms with van der Waals surface area (Å²) in [4.78, 5) is 22.8. The molecule has 0 heterocycles. The van der Waals surface area contributed by atoms with Crippen molar-refractivity contribution in [2.45, 2.75) is 20.8 Å². The number of rotatable bonds is 12. The third kappa shape index (κ3) is 8.10. The maximum Gasteiger partial charge on any atom is 0.333 e. The lowest BCUT2D eigenvalue weighted by atomic mass is 9.96. The van der Waals surface area contributed by atoms with Crippen LogP contribution in [0.1, 0.15) is 19.4 Å². The van der Waals surface area contributed by atoms with Crippen LogP contribution in [0.25, 0.3) is 22.3 Å². The molecule has 0 aliphatic heterocycles. The van der Waals surface area contributed by atoms with Gasteiger partial charge in [0.25, 0.3) is 0 Å². The average Bonchev–Trinajstić information content (AvgIpc) is 2.89. The van der Waals surface area contributed by atoms with Crippen LogP contribution >= 0.6 is 0 Å². The van der Waals surface area contributed by atoms with E-state index in [4.69, 9.17) is 18.9 Å². The summed E-state index contributed by atoms with van der Waals surface area (Å²) < 4.78 is 21.4. The fourth-order valence-corrected chi connectivity index (χ4v) is 3.48. The van der Waals surface area contributed by atoms with E-state index in [2.05, 4.69) is 38.3 Å². The maximum atomic E-state index is 11.4. The molecule has 6 nitrogen and oxygen atoms in total. The molecule has 0 unspecified atom stereocenters. The molecule has 37 heavy (non-hydrogen) atoms. The van der Waals surface area contributed by atoms with Gasteiger partial charge in [0.2, 0.25) is 0 Å². The highest BCUT2D eigenvalue weighted by Gasteiger charge is 2.07. The molecule has 0 fully saturated rings. The second-order valence-corrected chi connectivity index (χ2v) is 8.61. The molecule has 0 N–H and O–H groups in total. The standard InChI is InChI=1S/C31H32O6/c1-21(2)30(32)36-18-16-34-27-11-6-24(7-12-27)26-10-15-29(23(5)20-26)25-8-13-28(14-9-25)35-17-19-37-31(33)22(3)4/h6-15,20H,1,3,16-19H2,2,4-5H3. The first-order valence-corrected chi connectivity index (χ1v) is 12.0. The molecule has 3 aromatic rings. The number of carbonyl (C=O) groups is 2. The topological polar surface area (TPSA) is 71.1 Å². The van der Waals surface area contributed by atoms with Gasteiger partial charge < -0.3 is 18.9 Å². The van der Waals surface area contributed by atoms with Crippen molar-refractivity contribution in [3.8, 4) is 33.8 Å². The molecule has 3 rings (SSSR count). The van der Waals surface area contributed by atoms with Crippen LogP contribution in [0.3, 0.4) is 0 Å². The molecule has 0 radical (unpaired) electrons. The zero-order chi connectivity index (χ0) is 26.8. The summed E-state index contributed by atoms with van der Waals surface area (Å²) in [5.74, 6) is 0.585. The van der Waals surface area contributed by atoms with Crippen LogP contribution in [0.5, 0.6) is 11.5 Å². The minimum absolute atomic E-state index is 0.173. The zero-order valence-electron chi connectivity index (χ0n) is 21.5. The highest BCUT2D eigenvalue weighted by atomic mass is 16.6. The summed E-state index contributed by atoms with van der Waals surface area (Å²) in [6.45, 7) is 13.3. The highest BCUT2D eigenvalue weighted by molar-refractivity contribution is 5.87. The molecule has 3 aromatic carbocycles. The minimum Gasteiger partial charge on any atom is -0.490 e. The predicted octanol–water partition coefficient (Wildman–Crippen LogP) is 6.33. The van der Waals surface area contributed by atoms with Crippen molar-refractivity contribution < 1.29 is 28.5 Å². The molecule has 0 bridgehead atoms. The molecule has 0 saturated heterocycles. The Labute approximate surface area is 218 Å². The van der Waals surface area contributed by atoms with E-state index >= 15 is 0 Å². The Bertz CT molecular complexity index is 1260. The third-order valence-corrected chi connectivity index (χ3v) is 5.45. The summed E-state index contributed by atoms with van der Waals surface area (Å²) in [7, 11) is 0. The molecule has 0 aliphatic carbocycles. The van der Waals surface area contributed by atoms with Gasteiger partial charge in [-0.3, -0.25) is 0 Å². The number of carbonyl (C=O) groups excluding carboxylic acids is 2. The fraction of sp³-hybridized carbons (Fsp3) is 0.226. The number of aryl methyl sites for hydroxylation is 1. The van der Waals surface area contributed by atoms with Crippen molar-refractivity contribution >= 4 is 11.9 Å². The molecular weight excluding hydrogens is 468 g/mol. The van der Waals surface area contributed by atoms with E-state index in [0.717, 1.165) is 27.8 Å². The Morgan fingerprint density at radius 1 is 0.622 bits per heavy atom.